The van der Waals surface area contributed by atoms with Crippen LogP contribution in [0.15, 0.2) is 30.5 Å². The number of rotatable bonds is 2. The Morgan fingerprint density at radius 3 is 2.50 bits per heavy atom. The van der Waals surface area contributed by atoms with Gasteiger partial charge in [0.2, 0.25) is 0 Å². The number of nitrogens with one attached hydrogen (secondary N) is 1. The Hall–Kier alpha value is -1.35. The van der Waals surface area contributed by atoms with Gasteiger partial charge in [-0.25, -0.2) is 4.39 Å². The van der Waals surface area contributed by atoms with E-state index >= 15 is 0 Å². The fourth-order valence-electron chi connectivity index (χ4n) is 2.14. The van der Waals surface area contributed by atoms with Crippen LogP contribution in [0.25, 0.3) is 5.83 Å². The molecule has 0 unspecified atom stereocenters. The number of nitrogens with zero attached hydrogens (tertiary/aromatic N) is 1. The quantitative estimate of drug-likeness (QED) is 0.884. The topological polar surface area (TPSA) is 15.3 Å². The Labute approximate surface area is 122 Å². The minimum absolute atomic E-state index is 0.235. The molecule has 0 spiro atoms. The highest BCUT2D eigenvalue weighted by molar-refractivity contribution is 5.59. The highest BCUT2D eigenvalue weighted by atomic mass is 19.1. The Balaban J connectivity index is 0.000000217. The molecule has 0 radical (unpaired) electrons. The van der Waals surface area contributed by atoms with Gasteiger partial charge in [-0.2, -0.15) is 0 Å². The highest BCUT2D eigenvalue weighted by Crippen LogP contribution is 2.15. The zero-order chi connectivity index (χ0) is 15.0. The third-order valence-electron chi connectivity index (χ3n) is 3.57. The number of piperidine rings is 1. The number of hydrogen-bond donors (Lipinski definition) is 1. The van der Waals surface area contributed by atoms with Gasteiger partial charge < -0.3 is 10.2 Å². The molecule has 3 heteroatoms. The monoisotopic (exact) mass is 278 g/mol. The lowest BCUT2D eigenvalue weighted by Crippen LogP contribution is -2.28. The summed E-state index contributed by atoms with van der Waals surface area (Å²) in [6.45, 7) is 6.89. The summed E-state index contributed by atoms with van der Waals surface area (Å²) in [5.41, 5.74) is 1.68. The van der Waals surface area contributed by atoms with Crippen molar-refractivity contribution in [3.05, 3.63) is 41.6 Å². The number of halogens is 1. The summed E-state index contributed by atoms with van der Waals surface area (Å²) in [6, 6.07) is 7.34. The summed E-state index contributed by atoms with van der Waals surface area (Å²) in [7, 11) is 3.88. The van der Waals surface area contributed by atoms with Gasteiger partial charge in [0, 0.05) is 18.8 Å². The van der Waals surface area contributed by atoms with E-state index in [4.69, 9.17) is 0 Å². The van der Waals surface area contributed by atoms with Crippen LogP contribution in [0.5, 0.6) is 0 Å². The highest BCUT2D eigenvalue weighted by Gasteiger charge is 2.10. The first-order valence-electron chi connectivity index (χ1n) is 7.31. The third kappa shape index (κ3) is 6.20. The van der Waals surface area contributed by atoms with Crippen molar-refractivity contribution in [1.29, 1.82) is 0 Å². The van der Waals surface area contributed by atoms with E-state index in [0.717, 1.165) is 11.5 Å². The maximum absolute atomic E-state index is 13.1. The molecular formula is C17H27FN2. The first kappa shape index (κ1) is 16.7. The summed E-state index contributed by atoms with van der Waals surface area (Å²) in [4.78, 5) is 2.40. The average molecular weight is 278 g/mol. The lowest BCUT2D eigenvalue weighted by Gasteiger charge is -2.26. The zero-order valence-electron chi connectivity index (χ0n) is 13.1. The van der Waals surface area contributed by atoms with Crippen LogP contribution in [-0.2, 0) is 0 Å². The lowest BCUT2D eigenvalue weighted by molar-refractivity contribution is 0.230. The molecule has 112 valence electrons. The first-order chi connectivity index (χ1) is 9.52. The molecule has 1 fully saturated rings. The molecule has 1 N–H and O–H groups in total. The third-order valence-corrected chi connectivity index (χ3v) is 3.57. The summed E-state index contributed by atoms with van der Waals surface area (Å²) in [5.74, 6) is 0.743. The van der Waals surface area contributed by atoms with Crippen molar-refractivity contribution in [2.75, 3.05) is 27.2 Å². The van der Waals surface area contributed by atoms with E-state index in [9.17, 15) is 4.39 Å². The Bertz CT molecular complexity index is 411. The standard InChI is InChI=1S/C10H12FN.C7H15N/c1-8-4-3-5-9(6-8)10(11)7-12-2;1-7-3-5-8(2)6-4-7/h3-7,12H,1-2H3;7H,3-6H2,1-2H3/b10-7+;. The van der Waals surface area contributed by atoms with E-state index in [2.05, 4.69) is 24.2 Å². The largest absolute Gasteiger partial charge is 0.392 e. The van der Waals surface area contributed by atoms with Crippen molar-refractivity contribution < 1.29 is 4.39 Å². The van der Waals surface area contributed by atoms with E-state index in [-0.39, 0.29) is 5.83 Å². The fourth-order valence-corrected chi connectivity index (χ4v) is 2.14. The van der Waals surface area contributed by atoms with E-state index in [1.54, 1.807) is 13.1 Å². The van der Waals surface area contributed by atoms with Crippen LogP contribution in [0.1, 0.15) is 30.9 Å². The van der Waals surface area contributed by atoms with Gasteiger partial charge in [-0.05, 0) is 51.9 Å². The van der Waals surface area contributed by atoms with E-state index in [1.165, 1.54) is 32.1 Å². The van der Waals surface area contributed by atoms with Crippen LogP contribution in [-0.4, -0.2) is 32.1 Å². The van der Waals surface area contributed by atoms with Crippen LogP contribution in [0.2, 0.25) is 0 Å². The van der Waals surface area contributed by atoms with Crippen LogP contribution in [0.3, 0.4) is 0 Å². The molecule has 0 aromatic heterocycles. The smallest absolute Gasteiger partial charge is 0.146 e. The molecule has 1 heterocycles. The van der Waals surface area contributed by atoms with Crippen molar-refractivity contribution in [3.8, 4) is 0 Å². The molecule has 2 rings (SSSR count). The second-order valence-electron chi connectivity index (χ2n) is 5.64. The van der Waals surface area contributed by atoms with E-state index < -0.39 is 0 Å². The molecule has 2 nitrogen and oxygen atoms in total. The normalized spacial score (nSPS) is 17.4. The molecule has 0 atom stereocenters. The van der Waals surface area contributed by atoms with Crippen LogP contribution >= 0.6 is 0 Å². The van der Waals surface area contributed by atoms with Crippen LogP contribution < -0.4 is 5.32 Å². The number of likely N-dealkylation sites (tertiary alicyclic amines) is 1. The molecule has 1 saturated heterocycles. The zero-order valence-corrected chi connectivity index (χ0v) is 13.1. The minimum Gasteiger partial charge on any atom is -0.392 e. The lowest BCUT2D eigenvalue weighted by atomic mass is 10.00. The maximum Gasteiger partial charge on any atom is 0.146 e. The molecule has 1 aromatic rings. The van der Waals surface area contributed by atoms with E-state index in [1.807, 2.05) is 25.1 Å². The van der Waals surface area contributed by atoms with Gasteiger partial charge in [0.1, 0.15) is 5.83 Å². The van der Waals surface area contributed by atoms with Gasteiger partial charge in [-0.1, -0.05) is 30.7 Å². The van der Waals surface area contributed by atoms with Crippen molar-refractivity contribution in [3.63, 3.8) is 0 Å². The van der Waals surface area contributed by atoms with Crippen LogP contribution in [0.4, 0.5) is 4.39 Å². The van der Waals surface area contributed by atoms with Crippen molar-refractivity contribution in [1.82, 2.24) is 10.2 Å². The summed E-state index contributed by atoms with van der Waals surface area (Å²) in [5, 5.41) is 2.65. The molecule has 1 aliphatic rings. The van der Waals surface area contributed by atoms with Gasteiger partial charge in [-0.3, -0.25) is 0 Å². The van der Waals surface area contributed by atoms with Crippen molar-refractivity contribution in [2.24, 2.45) is 5.92 Å². The van der Waals surface area contributed by atoms with Gasteiger partial charge >= 0.3 is 0 Å². The molecule has 0 amide bonds. The van der Waals surface area contributed by atoms with Gasteiger partial charge in [0.15, 0.2) is 0 Å². The maximum atomic E-state index is 13.1. The average Bonchev–Trinajstić information content (AvgIpc) is 2.43. The molecule has 20 heavy (non-hydrogen) atoms. The minimum atomic E-state index is -0.235. The van der Waals surface area contributed by atoms with Gasteiger partial charge in [0.05, 0.1) is 0 Å². The number of benzene rings is 1. The second-order valence-corrected chi connectivity index (χ2v) is 5.64. The number of aryl methyl sites for hydroxylation is 1. The van der Waals surface area contributed by atoms with Crippen molar-refractivity contribution in [2.45, 2.75) is 26.7 Å². The predicted octanol–water partition coefficient (Wildman–Crippen LogP) is 3.83. The molecule has 1 aromatic carbocycles. The summed E-state index contributed by atoms with van der Waals surface area (Å²) < 4.78 is 13.1. The molecular weight excluding hydrogens is 251 g/mol. The molecule has 0 saturated carbocycles. The van der Waals surface area contributed by atoms with Gasteiger partial charge in [0.25, 0.3) is 0 Å². The molecule has 0 bridgehead atoms. The Morgan fingerprint density at radius 1 is 1.35 bits per heavy atom. The Morgan fingerprint density at radius 2 is 2.00 bits per heavy atom. The second kappa shape index (κ2) is 8.75. The van der Waals surface area contributed by atoms with E-state index in [0.29, 0.717) is 5.56 Å². The van der Waals surface area contributed by atoms with Crippen molar-refractivity contribution >= 4 is 5.83 Å². The number of hydrogen-bond acceptors (Lipinski definition) is 2. The summed E-state index contributed by atoms with van der Waals surface area (Å²) >= 11 is 0. The molecule has 1 aliphatic heterocycles. The van der Waals surface area contributed by atoms with Crippen LogP contribution in [0, 0.1) is 12.8 Å². The predicted molar refractivity (Wildman–Crippen MR) is 85.2 cm³/mol. The summed E-state index contributed by atoms with van der Waals surface area (Å²) in [6.07, 6.45) is 4.14. The van der Waals surface area contributed by atoms with Gasteiger partial charge in [-0.15, -0.1) is 0 Å². The molecule has 0 aliphatic carbocycles. The first-order valence-corrected chi connectivity index (χ1v) is 7.31. The SMILES string of the molecule is CC1CCN(C)CC1.CN/C=C(/F)c1cccc(C)c1. The fraction of sp³-hybridized carbons (Fsp3) is 0.529. The Kier molecular flexibility index (Phi) is 7.31.